The van der Waals surface area contributed by atoms with E-state index in [1.54, 1.807) is 13.0 Å². The second-order valence-electron chi connectivity index (χ2n) is 5.25. The number of aryl methyl sites for hydroxylation is 2. The number of amides is 1. The summed E-state index contributed by atoms with van der Waals surface area (Å²) < 4.78 is 0. The van der Waals surface area contributed by atoms with Crippen LogP contribution in [0, 0.1) is 0 Å². The van der Waals surface area contributed by atoms with Crippen molar-refractivity contribution in [2.45, 2.75) is 26.2 Å². The summed E-state index contributed by atoms with van der Waals surface area (Å²) in [5.74, 6) is -0.339. The van der Waals surface area contributed by atoms with E-state index in [1.165, 1.54) is 40.3 Å². The topological polar surface area (TPSA) is 81.9 Å². The number of carbonyl (C=O) groups is 1. The Balaban J connectivity index is 1.73. The van der Waals surface area contributed by atoms with E-state index in [0.717, 1.165) is 12.8 Å². The summed E-state index contributed by atoms with van der Waals surface area (Å²) in [4.78, 5) is 14.1. The molecule has 1 aromatic carbocycles. The summed E-state index contributed by atoms with van der Waals surface area (Å²) in [5.41, 5.74) is 4.72. The molecular formula is C16H16N2O3S. The first-order chi connectivity index (χ1) is 10.5. The van der Waals surface area contributed by atoms with Crippen LogP contribution in [0.3, 0.4) is 0 Å². The molecule has 0 bridgehead atoms. The van der Waals surface area contributed by atoms with Gasteiger partial charge in [-0.1, -0.05) is 0 Å². The number of rotatable bonds is 3. The van der Waals surface area contributed by atoms with Crippen molar-refractivity contribution in [1.29, 1.82) is 0 Å². The number of carbonyl (C=O) groups excluding carboxylic acids is 1. The molecule has 1 amide bonds. The Morgan fingerprint density at radius 1 is 1.27 bits per heavy atom. The van der Waals surface area contributed by atoms with Gasteiger partial charge >= 0.3 is 0 Å². The van der Waals surface area contributed by atoms with Gasteiger partial charge in [0.25, 0.3) is 5.91 Å². The van der Waals surface area contributed by atoms with E-state index in [1.807, 2.05) is 6.07 Å². The number of nitrogens with one attached hydrogen (secondary N) is 1. The lowest BCUT2D eigenvalue weighted by molar-refractivity contribution is 0.0958. The normalized spacial score (nSPS) is 14.0. The molecule has 0 aliphatic heterocycles. The molecule has 1 aliphatic rings. The molecule has 1 heterocycles. The number of hydrogen-bond acceptors (Lipinski definition) is 5. The molecule has 114 valence electrons. The molecule has 3 N–H and O–H groups in total. The highest BCUT2D eigenvalue weighted by atomic mass is 32.1. The first-order valence-electron chi connectivity index (χ1n) is 7.03. The zero-order valence-electron chi connectivity index (χ0n) is 12.1. The summed E-state index contributed by atoms with van der Waals surface area (Å²) in [6, 6.07) is 6.18. The fraction of sp³-hybridized carbons (Fsp3) is 0.250. The molecule has 22 heavy (non-hydrogen) atoms. The predicted molar refractivity (Wildman–Crippen MR) is 85.8 cm³/mol. The van der Waals surface area contributed by atoms with Gasteiger partial charge in [-0.2, -0.15) is 5.10 Å². The van der Waals surface area contributed by atoms with E-state index in [4.69, 9.17) is 0 Å². The van der Waals surface area contributed by atoms with Crippen molar-refractivity contribution in [3.63, 3.8) is 0 Å². The van der Waals surface area contributed by atoms with Crippen molar-refractivity contribution < 1.29 is 15.0 Å². The number of nitrogens with zero attached hydrogens (tertiary/aromatic N) is 1. The molecule has 6 heteroatoms. The van der Waals surface area contributed by atoms with Crippen LogP contribution in [0.2, 0.25) is 0 Å². The molecule has 0 fully saturated rings. The van der Waals surface area contributed by atoms with Crippen molar-refractivity contribution in [2.75, 3.05) is 0 Å². The maximum absolute atomic E-state index is 12.1. The van der Waals surface area contributed by atoms with Gasteiger partial charge in [0.15, 0.2) is 0 Å². The number of fused-ring (bicyclic) bond motifs is 1. The van der Waals surface area contributed by atoms with Crippen LogP contribution in [0.5, 0.6) is 11.5 Å². The lowest BCUT2D eigenvalue weighted by Gasteiger charge is -2.05. The summed E-state index contributed by atoms with van der Waals surface area (Å²) in [7, 11) is 0. The number of hydrazone groups is 1. The smallest absolute Gasteiger partial charge is 0.281 e. The minimum atomic E-state index is -0.239. The van der Waals surface area contributed by atoms with Crippen molar-refractivity contribution >= 4 is 23.0 Å². The van der Waals surface area contributed by atoms with E-state index < -0.39 is 0 Å². The zero-order chi connectivity index (χ0) is 15.7. The van der Waals surface area contributed by atoms with Crippen LogP contribution in [0.25, 0.3) is 0 Å². The Morgan fingerprint density at radius 2 is 2.09 bits per heavy atom. The van der Waals surface area contributed by atoms with Crippen LogP contribution in [-0.4, -0.2) is 21.8 Å². The largest absolute Gasteiger partial charge is 0.508 e. The molecule has 1 aliphatic carbocycles. The quantitative estimate of drug-likeness (QED) is 0.601. The van der Waals surface area contributed by atoms with E-state index in [9.17, 15) is 15.0 Å². The van der Waals surface area contributed by atoms with Gasteiger partial charge in [-0.25, -0.2) is 5.43 Å². The third-order valence-electron chi connectivity index (χ3n) is 3.67. The first kappa shape index (κ1) is 14.6. The molecule has 0 radical (unpaired) electrons. The Morgan fingerprint density at radius 3 is 2.82 bits per heavy atom. The van der Waals surface area contributed by atoms with Gasteiger partial charge in [0.2, 0.25) is 0 Å². The zero-order valence-corrected chi connectivity index (χ0v) is 12.9. The van der Waals surface area contributed by atoms with Crippen LogP contribution < -0.4 is 5.43 Å². The van der Waals surface area contributed by atoms with E-state index in [0.29, 0.717) is 16.2 Å². The highest BCUT2D eigenvalue weighted by Crippen LogP contribution is 2.30. The highest BCUT2D eigenvalue weighted by molar-refractivity contribution is 7.14. The lowest BCUT2D eigenvalue weighted by atomic mass is 10.1. The number of benzene rings is 1. The minimum Gasteiger partial charge on any atom is -0.508 e. The second kappa shape index (κ2) is 5.81. The second-order valence-corrected chi connectivity index (χ2v) is 6.39. The first-order valence-corrected chi connectivity index (χ1v) is 7.85. The van der Waals surface area contributed by atoms with Gasteiger partial charge in [0.1, 0.15) is 11.5 Å². The van der Waals surface area contributed by atoms with Crippen LogP contribution in [0.15, 0.2) is 29.4 Å². The molecule has 0 saturated heterocycles. The average Bonchev–Trinajstić information content (AvgIpc) is 3.05. The maximum atomic E-state index is 12.1. The van der Waals surface area contributed by atoms with Crippen molar-refractivity contribution in [3.8, 4) is 11.5 Å². The minimum absolute atomic E-state index is 0.0220. The summed E-state index contributed by atoms with van der Waals surface area (Å²) in [5, 5.41) is 23.1. The lowest BCUT2D eigenvalue weighted by Crippen LogP contribution is -2.18. The number of phenols is 2. The van der Waals surface area contributed by atoms with Crippen molar-refractivity contribution in [2.24, 2.45) is 5.10 Å². The fourth-order valence-electron chi connectivity index (χ4n) is 2.52. The van der Waals surface area contributed by atoms with Crippen LogP contribution >= 0.6 is 11.3 Å². The summed E-state index contributed by atoms with van der Waals surface area (Å²) in [6.07, 6.45) is 3.26. The van der Waals surface area contributed by atoms with Gasteiger partial charge in [-0.3, -0.25) is 4.79 Å². The standard InChI is InChI=1S/C16H16N2O3S/c1-9(12-6-5-11(19)8-13(12)20)17-18-16(21)15-7-10-3-2-4-14(10)22-15/h5-8,19-20H,2-4H2,1H3,(H,18,21)/b17-9+. The molecule has 1 aromatic heterocycles. The van der Waals surface area contributed by atoms with Crippen LogP contribution in [-0.2, 0) is 12.8 Å². The maximum Gasteiger partial charge on any atom is 0.281 e. The Hall–Kier alpha value is -2.34. The number of aromatic hydroxyl groups is 2. The van der Waals surface area contributed by atoms with Gasteiger partial charge in [0.05, 0.1) is 10.6 Å². The van der Waals surface area contributed by atoms with Gasteiger partial charge in [0, 0.05) is 16.5 Å². The third kappa shape index (κ3) is 2.82. The highest BCUT2D eigenvalue weighted by Gasteiger charge is 2.18. The number of hydrogen-bond donors (Lipinski definition) is 3. The van der Waals surface area contributed by atoms with Gasteiger partial charge in [-0.15, -0.1) is 11.3 Å². The molecule has 3 rings (SSSR count). The molecule has 0 spiro atoms. The van der Waals surface area contributed by atoms with E-state index in [2.05, 4.69) is 10.5 Å². The summed E-state index contributed by atoms with van der Waals surface area (Å²) in [6.45, 7) is 1.68. The van der Waals surface area contributed by atoms with Gasteiger partial charge < -0.3 is 10.2 Å². The van der Waals surface area contributed by atoms with Crippen molar-refractivity contribution in [1.82, 2.24) is 5.43 Å². The van der Waals surface area contributed by atoms with Crippen LogP contribution in [0.1, 0.15) is 39.0 Å². The third-order valence-corrected chi connectivity index (χ3v) is 4.90. The van der Waals surface area contributed by atoms with E-state index in [-0.39, 0.29) is 17.4 Å². The molecule has 5 nitrogen and oxygen atoms in total. The molecule has 0 unspecified atom stereocenters. The Bertz CT molecular complexity index is 743. The van der Waals surface area contributed by atoms with Crippen LogP contribution in [0.4, 0.5) is 0 Å². The molecular weight excluding hydrogens is 300 g/mol. The monoisotopic (exact) mass is 316 g/mol. The Kier molecular flexibility index (Phi) is 3.85. The average molecular weight is 316 g/mol. The van der Waals surface area contributed by atoms with Crippen molar-refractivity contribution in [3.05, 3.63) is 45.1 Å². The fourth-order valence-corrected chi connectivity index (χ4v) is 3.66. The number of phenolic OH excluding ortho intramolecular Hbond substituents is 2. The number of thiophene rings is 1. The molecule has 0 saturated carbocycles. The SMILES string of the molecule is C/C(=N\NC(=O)c1cc2c(s1)CCC2)c1ccc(O)cc1O. The molecule has 0 atom stereocenters. The molecule has 2 aromatic rings. The summed E-state index contributed by atoms with van der Waals surface area (Å²) >= 11 is 1.52. The predicted octanol–water partition coefficient (Wildman–Crippen LogP) is 2.80. The van der Waals surface area contributed by atoms with E-state index >= 15 is 0 Å². The Labute approximate surface area is 131 Å². The van der Waals surface area contributed by atoms with Gasteiger partial charge in [-0.05, 0) is 49.9 Å².